The first kappa shape index (κ1) is 23.0. The number of ether oxygens (including phenoxy) is 1. The highest BCUT2D eigenvalue weighted by Gasteiger charge is 2.22. The van der Waals surface area contributed by atoms with Gasteiger partial charge in [-0.1, -0.05) is 30.3 Å². The number of para-hydroxylation sites is 1. The lowest BCUT2D eigenvalue weighted by Gasteiger charge is -2.26. The lowest BCUT2D eigenvalue weighted by molar-refractivity contribution is -0.123. The van der Waals surface area contributed by atoms with Crippen LogP contribution in [0, 0.1) is 0 Å². The van der Waals surface area contributed by atoms with Crippen LogP contribution in [0.25, 0.3) is 0 Å². The number of carbonyl (C=O) groups is 2. The van der Waals surface area contributed by atoms with Crippen molar-refractivity contribution in [3.63, 3.8) is 0 Å². The molecule has 0 aliphatic carbocycles. The largest absolute Gasteiger partial charge is 0.434 e. The van der Waals surface area contributed by atoms with E-state index in [2.05, 4.69) is 25.7 Å². The average molecular weight is 445 g/mol. The molecule has 0 bridgehead atoms. The van der Waals surface area contributed by atoms with E-state index < -0.39 is 6.61 Å². The number of halogens is 2. The second-order valence-corrected chi connectivity index (χ2v) is 7.04. The van der Waals surface area contributed by atoms with E-state index in [1.165, 1.54) is 11.0 Å². The van der Waals surface area contributed by atoms with Gasteiger partial charge < -0.3 is 25.6 Å². The Labute approximate surface area is 184 Å². The summed E-state index contributed by atoms with van der Waals surface area (Å²) in [5.41, 5.74) is 2.01. The van der Waals surface area contributed by atoms with Crippen LogP contribution in [0.3, 0.4) is 0 Å². The molecule has 1 aliphatic heterocycles. The van der Waals surface area contributed by atoms with Crippen molar-refractivity contribution in [2.45, 2.75) is 19.7 Å². The Morgan fingerprint density at radius 2 is 1.88 bits per heavy atom. The predicted octanol–water partition coefficient (Wildman–Crippen LogP) is 1.73. The molecule has 170 valence electrons. The number of nitrogens with one attached hydrogen (secondary N) is 3. The van der Waals surface area contributed by atoms with Crippen molar-refractivity contribution in [3.05, 3.63) is 65.2 Å². The normalized spacial score (nSPS) is 14.2. The molecular weight excluding hydrogens is 420 g/mol. The van der Waals surface area contributed by atoms with Gasteiger partial charge in [0.25, 0.3) is 5.91 Å². The number of hydrogen-bond donors (Lipinski definition) is 3. The van der Waals surface area contributed by atoms with Gasteiger partial charge in [-0.2, -0.15) is 8.78 Å². The Hall–Kier alpha value is -3.69. The summed E-state index contributed by atoms with van der Waals surface area (Å²) in [6, 6.07) is 13.6. The van der Waals surface area contributed by atoms with Crippen LogP contribution in [-0.4, -0.2) is 56.0 Å². The Morgan fingerprint density at radius 3 is 2.56 bits per heavy atom. The van der Waals surface area contributed by atoms with Crippen LogP contribution in [0.1, 0.15) is 21.5 Å². The Balaban J connectivity index is 1.52. The fraction of sp³-hybridized carbons (Fsp3) is 0.318. The highest BCUT2D eigenvalue weighted by molar-refractivity contribution is 5.97. The van der Waals surface area contributed by atoms with E-state index in [1.807, 2.05) is 12.1 Å². The van der Waals surface area contributed by atoms with Crippen molar-refractivity contribution in [2.24, 2.45) is 4.99 Å². The van der Waals surface area contributed by atoms with Gasteiger partial charge in [0.1, 0.15) is 5.75 Å². The maximum atomic E-state index is 12.6. The van der Waals surface area contributed by atoms with Crippen LogP contribution in [-0.2, 0) is 17.9 Å². The molecule has 0 radical (unpaired) electrons. The fourth-order valence-electron chi connectivity index (χ4n) is 3.21. The molecule has 10 heteroatoms. The molecule has 2 amide bonds. The summed E-state index contributed by atoms with van der Waals surface area (Å²) in [4.78, 5) is 29.7. The quantitative estimate of drug-likeness (QED) is 0.446. The molecule has 0 atom stereocenters. The van der Waals surface area contributed by atoms with Gasteiger partial charge in [-0.25, -0.2) is 0 Å². The highest BCUT2D eigenvalue weighted by atomic mass is 19.3. The molecule has 3 N–H and O–H groups in total. The topological polar surface area (TPSA) is 95.1 Å². The summed E-state index contributed by atoms with van der Waals surface area (Å²) in [6.07, 6.45) is 0. The zero-order chi connectivity index (χ0) is 22.9. The Kier molecular flexibility index (Phi) is 7.96. The third-order valence-corrected chi connectivity index (χ3v) is 4.84. The monoisotopic (exact) mass is 445 g/mol. The molecule has 1 aliphatic rings. The van der Waals surface area contributed by atoms with Crippen LogP contribution in [0.5, 0.6) is 5.75 Å². The van der Waals surface area contributed by atoms with E-state index in [9.17, 15) is 18.4 Å². The third kappa shape index (κ3) is 6.40. The highest BCUT2D eigenvalue weighted by Crippen LogP contribution is 2.19. The summed E-state index contributed by atoms with van der Waals surface area (Å²) in [7, 11) is 1.60. The SMILES string of the molecule is CN=C(NCc1ccc(C(=O)N2CCNC(=O)C2)cc1)NCc1ccccc1OC(F)F. The van der Waals surface area contributed by atoms with Crippen LogP contribution < -0.4 is 20.7 Å². The molecule has 0 spiro atoms. The lowest BCUT2D eigenvalue weighted by Crippen LogP contribution is -2.49. The second kappa shape index (κ2) is 11.1. The van der Waals surface area contributed by atoms with E-state index in [-0.39, 0.29) is 30.7 Å². The first-order chi connectivity index (χ1) is 15.5. The van der Waals surface area contributed by atoms with E-state index in [1.54, 1.807) is 37.4 Å². The molecule has 3 rings (SSSR count). The van der Waals surface area contributed by atoms with Crippen molar-refractivity contribution in [2.75, 3.05) is 26.7 Å². The van der Waals surface area contributed by atoms with Gasteiger partial charge in [-0.15, -0.1) is 0 Å². The predicted molar refractivity (Wildman–Crippen MR) is 115 cm³/mol. The molecule has 32 heavy (non-hydrogen) atoms. The van der Waals surface area contributed by atoms with Crippen LogP contribution in [0.2, 0.25) is 0 Å². The van der Waals surface area contributed by atoms with Gasteiger partial charge in [-0.3, -0.25) is 14.6 Å². The van der Waals surface area contributed by atoms with Gasteiger partial charge >= 0.3 is 6.61 Å². The summed E-state index contributed by atoms with van der Waals surface area (Å²) in [6.45, 7) is -1.20. The van der Waals surface area contributed by atoms with Crippen molar-refractivity contribution in [1.82, 2.24) is 20.9 Å². The molecule has 8 nitrogen and oxygen atoms in total. The standard InChI is InChI=1S/C22H25F2N5O3/c1-25-22(28-13-17-4-2-3-5-18(17)32-21(23)24)27-12-15-6-8-16(9-7-15)20(31)29-11-10-26-19(30)14-29/h2-9,21H,10-14H2,1H3,(H,26,30)(H2,25,27,28). The number of nitrogens with zero attached hydrogens (tertiary/aromatic N) is 2. The maximum Gasteiger partial charge on any atom is 0.387 e. The molecule has 1 fully saturated rings. The van der Waals surface area contributed by atoms with Gasteiger partial charge in [0.2, 0.25) is 5.91 Å². The first-order valence-electron chi connectivity index (χ1n) is 10.1. The van der Waals surface area contributed by atoms with Crippen molar-refractivity contribution < 1.29 is 23.1 Å². The zero-order valence-electron chi connectivity index (χ0n) is 17.6. The Morgan fingerprint density at radius 1 is 1.16 bits per heavy atom. The average Bonchev–Trinajstić information content (AvgIpc) is 2.79. The third-order valence-electron chi connectivity index (χ3n) is 4.84. The number of piperazine rings is 1. The van der Waals surface area contributed by atoms with Crippen molar-refractivity contribution >= 4 is 17.8 Å². The van der Waals surface area contributed by atoms with E-state index >= 15 is 0 Å². The number of benzene rings is 2. The molecule has 1 heterocycles. The van der Waals surface area contributed by atoms with Crippen LogP contribution in [0.15, 0.2) is 53.5 Å². The molecule has 0 saturated carbocycles. The van der Waals surface area contributed by atoms with Gasteiger partial charge in [0, 0.05) is 44.4 Å². The van der Waals surface area contributed by atoms with E-state index in [4.69, 9.17) is 0 Å². The van der Waals surface area contributed by atoms with Crippen LogP contribution in [0.4, 0.5) is 8.78 Å². The summed E-state index contributed by atoms with van der Waals surface area (Å²) >= 11 is 0. The number of hydrogen-bond acceptors (Lipinski definition) is 4. The van der Waals surface area contributed by atoms with Gasteiger partial charge in [-0.05, 0) is 23.8 Å². The summed E-state index contributed by atoms with van der Waals surface area (Å²) < 4.78 is 29.6. The first-order valence-corrected chi connectivity index (χ1v) is 10.1. The van der Waals surface area contributed by atoms with Crippen molar-refractivity contribution in [1.29, 1.82) is 0 Å². The number of rotatable bonds is 7. The summed E-state index contributed by atoms with van der Waals surface area (Å²) in [5.74, 6) is 0.252. The second-order valence-electron chi connectivity index (χ2n) is 7.04. The minimum absolute atomic E-state index is 0.0651. The smallest absolute Gasteiger partial charge is 0.387 e. The number of guanidine groups is 1. The van der Waals surface area contributed by atoms with E-state index in [0.29, 0.717) is 36.7 Å². The van der Waals surface area contributed by atoms with Crippen LogP contribution >= 0.6 is 0 Å². The number of amides is 2. The van der Waals surface area contributed by atoms with E-state index in [0.717, 1.165) is 5.56 Å². The molecule has 2 aromatic rings. The summed E-state index contributed by atoms with van der Waals surface area (Å²) in [5, 5.41) is 8.89. The molecule has 1 saturated heterocycles. The molecule has 2 aromatic carbocycles. The minimum Gasteiger partial charge on any atom is -0.434 e. The number of aliphatic imine (C=N–C) groups is 1. The maximum absolute atomic E-state index is 12.6. The number of alkyl halides is 2. The van der Waals surface area contributed by atoms with Crippen molar-refractivity contribution in [3.8, 4) is 5.75 Å². The minimum atomic E-state index is -2.89. The zero-order valence-corrected chi connectivity index (χ0v) is 17.6. The molecule has 0 unspecified atom stereocenters. The lowest BCUT2D eigenvalue weighted by atomic mass is 10.1. The molecule has 0 aromatic heterocycles. The molecular formula is C22H25F2N5O3. The fourth-order valence-corrected chi connectivity index (χ4v) is 3.21. The number of carbonyl (C=O) groups excluding carboxylic acids is 2. The Bertz CT molecular complexity index is 966. The van der Waals surface area contributed by atoms with Gasteiger partial charge in [0.05, 0.1) is 6.54 Å². The van der Waals surface area contributed by atoms with Gasteiger partial charge in [0.15, 0.2) is 5.96 Å².